The summed E-state index contributed by atoms with van der Waals surface area (Å²) in [5, 5.41) is -0.179. The van der Waals surface area contributed by atoms with E-state index in [-0.39, 0.29) is 16.0 Å². The van der Waals surface area contributed by atoms with Crippen molar-refractivity contribution >= 4 is 28.8 Å². The fraction of sp³-hybridized carbons (Fsp3) is 0.857. The van der Waals surface area contributed by atoms with Crippen molar-refractivity contribution in [2.24, 2.45) is 0 Å². The minimum atomic E-state index is -0.179. The van der Waals surface area contributed by atoms with Crippen molar-refractivity contribution in [3.63, 3.8) is 0 Å². The molecule has 1 unspecified atom stereocenters. The molecule has 0 aliphatic heterocycles. The molecule has 0 aromatic carbocycles. The highest BCUT2D eigenvalue weighted by Crippen LogP contribution is 2.22. The lowest BCUT2D eigenvalue weighted by molar-refractivity contribution is 0.143. The molecule has 0 saturated carbocycles. The zero-order chi connectivity index (χ0) is 8.85. The van der Waals surface area contributed by atoms with Gasteiger partial charge in [0.15, 0.2) is 0 Å². The quantitative estimate of drug-likeness (QED) is 0.509. The molecule has 0 aromatic rings. The summed E-state index contributed by atoms with van der Waals surface area (Å²) in [5.41, 5.74) is 0. The number of hydrogen-bond donors (Lipinski definition) is 0. The smallest absolute Gasteiger partial charge is 0.368 e. The summed E-state index contributed by atoms with van der Waals surface area (Å²) < 4.78 is 5.21. The Hall–Kier alpha value is 0.170. The van der Waals surface area contributed by atoms with Crippen molar-refractivity contribution in [1.29, 1.82) is 0 Å². The first kappa shape index (κ1) is 11.2. The highest BCUT2D eigenvalue weighted by atomic mass is 32.2. The Morgan fingerprint density at radius 1 is 1.36 bits per heavy atom. The lowest BCUT2D eigenvalue weighted by Crippen LogP contribution is -2.08. The van der Waals surface area contributed by atoms with Crippen molar-refractivity contribution in [1.82, 2.24) is 0 Å². The van der Waals surface area contributed by atoms with E-state index in [1.165, 1.54) is 11.8 Å². The zero-order valence-electron chi connectivity index (χ0n) is 7.29. The van der Waals surface area contributed by atoms with Gasteiger partial charge < -0.3 is 4.74 Å². The Morgan fingerprint density at radius 2 is 1.91 bits per heavy atom. The van der Waals surface area contributed by atoms with Crippen LogP contribution in [0.25, 0.3) is 0 Å². The van der Waals surface area contributed by atoms with E-state index in [4.69, 9.17) is 4.74 Å². The van der Waals surface area contributed by atoms with Gasteiger partial charge in [-0.15, -0.1) is 0 Å². The Morgan fingerprint density at radius 3 is 2.27 bits per heavy atom. The SMILES string of the molecule is CSC(C)SC(=O)OC(C)C. The molecule has 0 aliphatic rings. The predicted octanol–water partition coefficient (Wildman–Crippen LogP) is 2.97. The third-order valence-electron chi connectivity index (χ3n) is 0.926. The van der Waals surface area contributed by atoms with Crippen LogP contribution in [0.15, 0.2) is 0 Å². The number of ether oxygens (including phenoxy) is 1. The average molecular weight is 194 g/mol. The van der Waals surface area contributed by atoms with Gasteiger partial charge in [-0.05, 0) is 38.8 Å². The lowest BCUT2D eigenvalue weighted by atomic mass is 10.5. The highest BCUT2D eigenvalue weighted by Gasteiger charge is 2.10. The van der Waals surface area contributed by atoms with E-state index in [1.807, 2.05) is 27.0 Å². The fourth-order valence-electron chi connectivity index (χ4n) is 0.404. The molecule has 0 spiro atoms. The predicted molar refractivity (Wildman–Crippen MR) is 52.2 cm³/mol. The van der Waals surface area contributed by atoms with E-state index >= 15 is 0 Å². The number of carbonyl (C=O) groups is 1. The third kappa shape index (κ3) is 6.56. The molecule has 66 valence electrons. The molecule has 0 rings (SSSR count). The molecule has 0 heterocycles. The van der Waals surface area contributed by atoms with Crippen LogP contribution in [0.4, 0.5) is 4.79 Å². The normalized spacial score (nSPS) is 13.2. The van der Waals surface area contributed by atoms with Crippen LogP contribution in [0.1, 0.15) is 20.8 Å². The van der Waals surface area contributed by atoms with Crippen LogP contribution >= 0.6 is 23.5 Å². The van der Waals surface area contributed by atoms with Gasteiger partial charge in [-0.1, -0.05) is 0 Å². The summed E-state index contributed by atoms with van der Waals surface area (Å²) in [6.45, 7) is 5.68. The maximum absolute atomic E-state index is 11.0. The van der Waals surface area contributed by atoms with Crippen LogP contribution in [0.5, 0.6) is 0 Å². The van der Waals surface area contributed by atoms with Crippen LogP contribution in [0.2, 0.25) is 0 Å². The second-order valence-corrected chi connectivity index (χ2v) is 5.09. The molecule has 11 heavy (non-hydrogen) atoms. The first-order valence-corrected chi connectivity index (χ1v) is 5.63. The average Bonchev–Trinajstić information content (AvgIpc) is 1.85. The Labute approximate surface area is 76.5 Å². The molecule has 0 N–H and O–H groups in total. The molecule has 0 radical (unpaired) electrons. The summed E-state index contributed by atoms with van der Waals surface area (Å²) in [4.78, 5) is 11.0. The summed E-state index contributed by atoms with van der Waals surface area (Å²) in [6.07, 6.45) is 1.96. The molecule has 0 bridgehead atoms. The van der Waals surface area contributed by atoms with Crippen molar-refractivity contribution in [2.75, 3.05) is 6.26 Å². The fourth-order valence-corrected chi connectivity index (χ4v) is 1.54. The molecule has 0 aromatic heterocycles. The topological polar surface area (TPSA) is 26.3 Å². The molecule has 4 heteroatoms. The summed E-state index contributed by atoms with van der Waals surface area (Å²) >= 11 is 2.87. The van der Waals surface area contributed by atoms with E-state index in [0.29, 0.717) is 0 Å². The van der Waals surface area contributed by atoms with Gasteiger partial charge in [0.25, 0.3) is 0 Å². The molecule has 0 amide bonds. The van der Waals surface area contributed by atoms with E-state index in [0.717, 1.165) is 0 Å². The van der Waals surface area contributed by atoms with Crippen LogP contribution in [0, 0.1) is 0 Å². The monoisotopic (exact) mass is 194 g/mol. The first-order chi connectivity index (χ1) is 5.06. The molecule has 0 aliphatic carbocycles. The van der Waals surface area contributed by atoms with Gasteiger partial charge in [-0.25, -0.2) is 4.79 Å². The van der Waals surface area contributed by atoms with E-state index in [9.17, 15) is 4.79 Å². The van der Waals surface area contributed by atoms with Crippen molar-refractivity contribution in [2.45, 2.75) is 31.5 Å². The van der Waals surface area contributed by atoms with Crippen molar-refractivity contribution in [3.05, 3.63) is 0 Å². The standard InChI is InChI=1S/C7H14O2S2/c1-5(2)9-7(8)11-6(3)10-4/h5-6H,1-4H3. The van der Waals surface area contributed by atoms with Gasteiger partial charge >= 0.3 is 5.30 Å². The molecular formula is C7H14O2S2. The van der Waals surface area contributed by atoms with Gasteiger partial charge in [0.05, 0.1) is 10.7 Å². The van der Waals surface area contributed by atoms with Gasteiger partial charge in [0.1, 0.15) is 0 Å². The van der Waals surface area contributed by atoms with Crippen molar-refractivity contribution in [3.8, 4) is 0 Å². The van der Waals surface area contributed by atoms with Gasteiger partial charge in [-0.2, -0.15) is 11.8 Å². The second-order valence-electron chi connectivity index (χ2n) is 2.34. The maximum Gasteiger partial charge on any atom is 0.368 e. The molecule has 1 atom stereocenters. The number of thioether (sulfide) groups is 2. The Balaban J connectivity index is 3.52. The highest BCUT2D eigenvalue weighted by molar-refractivity contribution is 8.24. The Kier molecular flexibility index (Phi) is 5.86. The maximum atomic E-state index is 11.0. The van der Waals surface area contributed by atoms with Gasteiger partial charge in [0, 0.05) is 0 Å². The number of carbonyl (C=O) groups excluding carboxylic acids is 1. The minimum Gasteiger partial charge on any atom is -0.455 e. The van der Waals surface area contributed by atoms with E-state index in [1.54, 1.807) is 11.8 Å². The zero-order valence-corrected chi connectivity index (χ0v) is 8.92. The van der Waals surface area contributed by atoms with Crippen LogP contribution in [-0.2, 0) is 4.74 Å². The van der Waals surface area contributed by atoms with Gasteiger partial charge in [-0.3, -0.25) is 0 Å². The third-order valence-corrected chi connectivity index (χ3v) is 3.08. The van der Waals surface area contributed by atoms with Crippen LogP contribution in [-0.4, -0.2) is 22.2 Å². The summed E-state index contributed by atoms with van der Waals surface area (Å²) in [7, 11) is 0. The van der Waals surface area contributed by atoms with E-state index in [2.05, 4.69) is 0 Å². The first-order valence-electron chi connectivity index (χ1n) is 3.46. The summed E-state index contributed by atoms with van der Waals surface area (Å²) in [5.74, 6) is 0. The largest absolute Gasteiger partial charge is 0.455 e. The van der Waals surface area contributed by atoms with Crippen LogP contribution < -0.4 is 0 Å². The van der Waals surface area contributed by atoms with Crippen molar-refractivity contribution < 1.29 is 9.53 Å². The van der Waals surface area contributed by atoms with E-state index < -0.39 is 0 Å². The summed E-state index contributed by atoms with van der Waals surface area (Å²) in [6, 6.07) is 0. The van der Waals surface area contributed by atoms with Gasteiger partial charge in [0.2, 0.25) is 0 Å². The lowest BCUT2D eigenvalue weighted by Gasteiger charge is -2.09. The van der Waals surface area contributed by atoms with Crippen LogP contribution in [0.3, 0.4) is 0 Å². The molecule has 2 nitrogen and oxygen atoms in total. The minimum absolute atomic E-state index is 0.0101. The Bertz CT molecular complexity index is 126. The second kappa shape index (κ2) is 5.77. The molecule has 0 saturated heterocycles. The number of hydrogen-bond acceptors (Lipinski definition) is 4. The molecular weight excluding hydrogens is 180 g/mol. The number of rotatable bonds is 3. The molecule has 0 fully saturated rings.